The predicted molar refractivity (Wildman–Crippen MR) is 189 cm³/mol. The average molecular weight is 699 g/mol. The van der Waals surface area contributed by atoms with Crippen molar-refractivity contribution in [3.05, 3.63) is 0 Å². The van der Waals surface area contributed by atoms with Crippen molar-refractivity contribution < 1.29 is 49.1 Å². The topological polar surface area (TPSA) is 177 Å². The van der Waals surface area contributed by atoms with Crippen molar-refractivity contribution in [3.8, 4) is 0 Å². The second kappa shape index (κ2) is 27.6. The fourth-order valence-corrected chi connectivity index (χ4v) is 8.85. The number of aliphatic hydroxyl groups excluding tert-OH is 6. The predicted octanol–water partition coefficient (Wildman–Crippen LogP) is 6.90. The molecule has 47 heavy (non-hydrogen) atoms. The van der Waals surface area contributed by atoms with Gasteiger partial charge >= 0.3 is 7.82 Å². The van der Waals surface area contributed by atoms with Crippen LogP contribution >= 0.6 is 7.82 Å². The maximum absolute atomic E-state index is 14.0. The molecule has 10 nitrogen and oxygen atoms in total. The maximum atomic E-state index is 14.0. The van der Waals surface area contributed by atoms with E-state index in [1.807, 2.05) is 0 Å². The summed E-state index contributed by atoms with van der Waals surface area (Å²) in [6.07, 6.45) is 14.1. The summed E-state index contributed by atoms with van der Waals surface area (Å²) in [6.45, 7) is 7.04. The van der Waals surface area contributed by atoms with Gasteiger partial charge in [-0.1, -0.05) is 105 Å². The second-order valence-corrected chi connectivity index (χ2v) is 15.9. The molecule has 2 unspecified atom stereocenters. The molecular formula is C36H75O10P. The molecule has 7 N–H and O–H groups in total. The minimum atomic E-state index is -4.94. The summed E-state index contributed by atoms with van der Waals surface area (Å²) in [6, 6.07) is 0. The van der Waals surface area contributed by atoms with Crippen LogP contribution < -0.4 is 0 Å². The molecule has 0 heterocycles. The molecular weight excluding hydrogens is 623 g/mol. The van der Waals surface area contributed by atoms with Crippen LogP contribution in [0.2, 0.25) is 0 Å². The SMILES string of the molecule is CC(C)CCCCCCCC(CCO)C(CCO)(CCO)OP(=O)(O)OC(CCO)(CCO)C(CCO)CCCCCCCC(C)C. The number of phosphoric acid groups is 1. The summed E-state index contributed by atoms with van der Waals surface area (Å²) in [4.78, 5) is 11.4. The zero-order valence-corrected chi connectivity index (χ0v) is 31.4. The summed E-state index contributed by atoms with van der Waals surface area (Å²) in [5.74, 6) is 0.486. The Bertz CT molecular complexity index is 696. The van der Waals surface area contributed by atoms with Gasteiger partial charge in [0.2, 0.25) is 0 Å². The third-order valence-corrected chi connectivity index (χ3v) is 11.0. The first-order valence-corrected chi connectivity index (χ1v) is 20.3. The molecule has 0 aliphatic carbocycles. The van der Waals surface area contributed by atoms with E-state index >= 15 is 0 Å². The minimum Gasteiger partial charge on any atom is -0.396 e. The van der Waals surface area contributed by atoms with Crippen molar-refractivity contribution >= 4 is 7.82 Å². The van der Waals surface area contributed by atoms with Gasteiger partial charge in [0.25, 0.3) is 0 Å². The molecule has 0 amide bonds. The number of hydrogen-bond donors (Lipinski definition) is 7. The fraction of sp³-hybridized carbons (Fsp3) is 1.00. The highest BCUT2D eigenvalue weighted by atomic mass is 31.2. The van der Waals surface area contributed by atoms with E-state index in [-0.39, 0.29) is 78.2 Å². The monoisotopic (exact) mass is 699 g/mol. The van der Waals surface area contributed by atoms with Gasteiger partial charge in [0.15, 0.2) is 0 Å². The lowest BCUT2D eigenvalue weighted by Crippen LogP contribution is -2.46. The Labute approximate surface area is 287 Å². The first-order valence-electron chi connectivity index (χ1n) is 18.8. The van der Waals surface area contributed by atoms with E-state index in [4.69, 9.17) is 9.05 Å². The lowest BCUT2D eigenvalue weighted by atomic mass is 9.77. The van der Waals surface area contributed by atoms with E-state index in [2.05, 4.69) is 27.7 Å². The Morgan fingerprint density at radius 3 is 0.979 bits per heavy atom. The Balaban J connectivity index is 6.03. The molecule has 0 rings (SSSR count). The molecule has 0 aromatic rings. The van der Waals surface area contributed by atoms with E-state index < -0.39 is 30.9 Å². The molecule has 0 aliphatic rings. The number of unbranched alkanes of at least 4 members (excludes halogenated alkanes) is 8. The van der Waals surface area contributed by atoms with Crippen molar-refractivity contribution in [1.82, 2.24) is 0 Å². The van der Waals surface area contributed by atoms with E-state index in [0.717, 1.165) is 51.4 Å². The lowest BCUT2D eigenvalue weighted by molar-refractivity contribution is -0.103. The molecule has 0 bridgehead atoms. The van der Waals surface area contributed by atoms with E-state index in [1.165, 1.54) is 25.7 Å². The van der Waals surface area contributed by atoms with Gasteiger partial charge in [0.1, 0.15) is 0 Å². The maximum Gasteiger partial charge on any atom is 0.473 e. The highest BCUT2D eigenvalue weighted by Crippen LogP contribution is 2.57. The largest absolute Gasteiger partial charge is 0.473 e. The zero-order chi connectivity index (χ0) is 35.6. The van der Waals surface area contributed by atoms with Gasteiger partial charge in [0.05, 0.1) is 11.2 Å². The smallest absolute Gasteiger partial charge is 0.396 e. The van der Waals surface area contributed by atoms with Gasteiger partial charge in [-0.3, -0.25) is 9.05 Å². The van der Waals surface area contributed by atoms with Crippen LogP contribution in [0.3, 0.4) is 0 Å². The minimum absolute atomic E-state index is 0.0373. The molecule has 2 atom stereocenters. The van der Waals surface area contributed by atoms with Gasteiger partial charge in [-0.25, -0.2) is 4.57 Å². The van der Waals surface area contributed by atoms with Crippen molar-refractivity contribution in [2.24, 2.45) is 23.7 Å². The number of aliphatic hydroxyl groups is 6. The van der Waals surface area contributed by atoms with Crippen LogP contribution in [0.1, 0.15) is 156 Å². The van der Waals surface area contributed by atoms with Crippen molar-refractivity contribution in [2.45, 2.75) is 167 Å². The molecule has 0 saturated carbocycles. The Morgan fingerprint density at radius 1 is 0.447 bits per heavy atom. The first-order chi connectivity index (χ1) is 22.4. The fourth-order valence-electron chi connectivity index (χ4n) is 7.23. The summed E-state index contributed by atoms with van der Waals surface area (Å²) in [5.41, 5.74) is -2.89. The van der Waals surface area contributed by atoms with Crippen LogP contribution in [0, 0.1) is 23.7 Å². The Morgan fingerprint density at radius 2 is 0.723 bits per heavy atom. The third kappa shape index (κ3) is 20.3. The lowest BCUT2D eigenvalue weighted by Gasteiger charge is -2.45. The van der Waals surface area contributed by atoms with Crippen molar-refractivity contribution in [2.75, 3.05) is 39.6 Å². The van der Waals surface area contributed by atoms with Crippen molar-refractivity contribution in [1.29, 1.82) is 0 Å². The van der Waals surface area contributed by atoms with Gasteiger partial charge in [-0.15, -0.1) is 0 Å². The summed E-state index contributed by atoms with van der Waals surface area (Å²) >= 11 is 0. The molecule has 0 spiro atoms. The quantitative estimate of drug-likeness (QED) is 0.0276. The number of phosphoric ester groups is 1. The molecule has 0 radical (unpaired) electrons. The highest BCUT2D eigenvalue weighted by Gasteiger charge is 2.50. The molecule has 0 aromatic carbocycles. The molecule has 284 valence electrons. The van der Waals surface area contributed by atoms with Gasteiger partial charge in [-0.2, -0.15) is 0 Å². The second-order valence-electron chi connectivity index (χ2n) is 14.6. The van der Waals surface area contributed by atoms with Crippen LogP contribution in [0.15, 0.2) is 0 Å². The average Bonchev–Trinajstić information content (AvgIpc) is 2.98. The zero-order valence-electron chi connectivity index (χ0n) is 30.5. The van der Waals surface area contributed by atoms with Gasteiger partial charge < -0.3 is 35.5 Å². The molecule has 0 aromatic heterocycles. The van der Waals surface area contributed by atoms with Crippen LogP contribution in [-0.2, 0) is 13.6 Å². The normalized spacial score (nSPS) is 15.4. The summed E-state index contributed by atoms with van der Waals surface area (Å²) in [7, 11) is -4.94. The van der Waals surface area contributed by atoms with E-state index in [9.17, 15) is 40.1 Å². The molecule has 0 aliphatic heterocycles. The molecule has 0 fully saturated rings. The standard InChI is InChI=1S/C36H75O10P/c1-31(2)15-11-7-5-9-13-17-33(19-25-37)35(21-27-39,22-28-40)45-47(43,44)46-36(23-29-41,24-30-42)34(20-26-38)18-14-10-6-8-12-16-32(3)4/h31-34,37-42H,5-30H2,1-4H3,(H,43,44). The Hall–Kier alpha value is -0.130. The summed E-state index contributed by atoms with van der Waals surface area (Å²) < 4.78 is 26.1. The first kappa shape index (κ1) is 46.9. The molecule has 0 saturated heterocycles. The van der Waals surface area contributed by atoms with Gasteiger partial charge in [0, 0.05) is 65.3 Å². The number of hydrogen-bond acceptors (Lipinski definition) is 9. The van der Waals surface area contributed by atoms with E-state index in [0.29, 0.717) is 24.7 Å². The van der Waals surface area contributed by atoms with E-state index in [1.54, 1.807) is 0 Å². The Kier molecular flexibility index (Phi) is 27.5. The van der Waals surface area contributed by atoms with Crippen molar-refractivity contribution in [3.63, 3.8) is 0 Å². The van der Waals surface area contributed by atoms with Crippen LogP contribution in [0.25, 0.3) is 0 Å². The van der Waals surface area contributed by atoms with Gasteiger partial charge in [-0.05, 0) is 49.4 Å². The summed E-state index contributed by atoms with van der Waals surface area (Å²) in [5, 5.41) is 60.3. The van der Waals surface area contributed by atoms with Crippen LogP contribution in [0.4, 0.5) is 0 Å². The highest BCUT2D eigenvalue weighted by molar-refractivity contribution is 7.47. The molecule has 11 heteroatoms. The number of rotatable bonds is 34. The van der Waals surface area contributed by atoms with Crippen LogP contribution in [-0.4, -0.2) is 86.4 Å². The third-order valence-electron chi connectivity index (χ3n) is 9.85. The van der Waals surface area contributed by atoms with Crippen LogP contribution in [0.5, 0.6) is 0 Å².